The second-order valence-electron chi connectivity index (χ2n) is 20.1. The monoisotopic (exact) mass is 711 g/mol. The molecule has 8 bridgehead atoms. The molecule has 0 heterocycles. The second-order valence-corrected chi connectivity index (χ2v) is 20.1. The quantitative estimate of drug-likeness (QED) is 0.184. The minimum Gasteiger partial charge on any atom is -0.507 e. The van der Waals surface area contributed by atoms with E-state index in [9.17, 15) is 10.2 Å². The molecule has 282 valence electrons. The van der Waals surface area contributed by atoms with Gasteiger partial charge in [-0.1, -0.05) is 80.4 Å². The molecule has 0 amide bonds. The largest absolute Gasteiger partial charge is 0.507 e. The van der Waals surface area contributed by atoms with E-state index >= 15 is 0 Å². The number of aryl methyl sites for hydroxylation is 3. The molecular formula is C51H66O2. The Morgan fingerprint density at radius 1 is 0.679 bits per heavy atom. The van der Waals surface area contributed by atoms with Crippen LogP contribution >= 0.6 is 0 Å². The molecule has 3 aromatic rings. The predicted octanol–water partition coefficient (Wildman–Crippen LogP) is 13.1. The van der Waals surface area contributed by atoms with Crippen molar-refractivity contribution in [3.63, 3.8) is 0 Å². The van der Waals surface area contributed by atoms with Gasteiger partial charge in [0, 0.05) is 16.7 Å². The lowest BCUT2D eigenvalue weighted by Gasteiger charge is -2.57. The summed E-state index contributed by atoms with van der Waals surface area (Å²) >= 11 is 0. The average Bonchev–Trinajstić information content (AvgIpc) is 3.11. The molecule has 11 rings (SSSR count). The molecular weight excluding hydrogens is 645 g/mol. The zero-order chi connectivity index (χ0) is 36.5. The zero-order valence-corrected chi connectivity index (χ0v) is 33.3. The number of phenols is 2. The van der Waals surface area contributed by atoms with E-state index in [0.29, 0.717) is 23.3 Å². The number of benzene rings is 3. The van der Waals surface area contributed by atoms with E-state index in [-0.39, 0.29) is 10.8 Å². The van der Waals surface area contributed by atoms with Gasteiger partial charge < -0.3 is 10.2 Å². The second kappa shape index (κ2) is 13.9. The van der Waals surface area contributed by atoms with Crippen LogP contribution in [-0.4, -0.2) is 10.2 Å². The third-order valence-corrected chi connectivity index (χ3v) is 16.2. The van der Waals surface area contributed by atoms with Gasteiger partial charge in [0.1, 0.15) is 11.5 Å². The first-order chi connectivity index (χ1) is 25.6. The molecule has 2 nitrogen and oxygen atoms in total. The maximum Gasteiger partial charge on any atom is 0.126 e. The third kappa shape index (κ3) is 6.61. The third-order valence-electron chi connectivity index (χ3n) is 16.2. The molecule has 0 spiro atoms. The van der Waals surface area contributed by atoms with Crippen LogP contribution < -0.4 is 0 Å². The normalized spacial score (nSPS) is 33.6. The van der Waals surface area contributed by atoms with Gasteiger partial charge in [-0.25, -0.2) is 0 Å². The average molecular weight is 711 g/mol. The number of aromatic hydroxyl groups is 2. The van der Waals surface area contributed by atoms with Crippen LogP contribution in [0.4, 0.5) is 0 Å². The van der Waals surface area contributed by atoms with Crippen LogP contribution in [0.2, 0.25) is 0 Å². The number of hydrogen-bond acceptors (Lipinski definition) is 2. The molecule has 0 aromatic heterocycles. The lowest BCUT2D eigenvalue weighted by atomic mass is 9.48. The zero-order valence-electron chi connectivity index (χ0n) is 33.3. The molecule has 0 radical (unpaired) electrons. The molecule has 0 saturated heterocycles. The molecule has 8 aliphatic rings. The van der Waals surface area contributed by atoms with E-state index in [4.69, 9.17) is 0 Å². The van der Waals surface area contributed by atoms with Crippen molar-refractivity contribution in [2.24, 2.45) is 41.4 Å². The Bertz CT molecular complexity index is 1790. The molecule has 8 saturated carbocycles. The highest BCUT2D eigenvalue weighted by Crippen LogP contribution is 2.63. The van der Waals surface area contributed by atoms with Crippen molar-refractivity contribution in [3.8, 4) is 11.5 Å². The van der Waals surface area contributed by atoms with Gasteiger partial charge in [0.25, 0.3) is 0 Å². The number of unbranched alkanes of at least 4 members (excludes halogenated alkanes) is 1. The molecule has 2 N–H and O–H groups in total. The highest BCUT2D eigenvalue weighted by atomic mass is 16.3. The smallest absolute Gasteiger partial charge is 0.126 e. The van der Waals surface area contributed by atoms with Gasteiger partial charge >= 0.3 is 0 Å². The van der Waals surface area contributed by atoms with Crippen molar-refractivity contribution >= 4 is 6.08 Å². The number of rotatable bonds is 12. The van der Waals surface area contributed by atoms with Gasteiger partial charge in [-0.2, -0.15) is 0 Å². The van der Waals surface area contributed by atoms with E-state index in [1.165, 1.54) is 116 Å². The molecule has 0 aliphatic heterocycles. The first-order valence-electron chi connectivity index (χ1n) is 22.0. The molecule has 3 aromatic carbocycles. The Morgan fingerprint density at radius 2 is 1.19 bits per heavy atom. The van der Waals surface area contributed by atoms with Crippen LogP contribution in [0.15, 0.2) is 54.6 Å². The van der Waals surface area contributed by atoms with Crippen LogP contribution in [0.25, 0.3) is 6.08 Å². The summed E-state index contributed by atoms with van der Waals surface area (Å²) in [7, 11) is 0. The van der Waals surface area contributed by atoms with Crippen LogP contribution in [0.1, 0.15) is 161 Å². The molecule has 8 aliphatic carbocycles. The highest BCUT2D eigenvalue weighted by molar-refractivity contribution is 5.62. The summed E-state index contributed by atoms with van der Waals surface area (Å²) in [6, 6.07) is 18.3. The Morgan fingerprint density at radius 3 is 1.74 bits per heavy atom. The van der Waals surface area contributed by atoms with Gasteiger partial charge in [0.15, 0.2) is 0 Å². The van der Waals surface area contributed by atoms with Crippen molar-refractivity contribution in [3.05, 3.63) is 99.1 Å². The Hall–Kier alpha value is -3.00. The fourth-order valence-electron chi connectivity index (χ4n) is 14.7. The Labute approximate surface area is 320 Å². The SMILES string of the molecule is CCC(Cc1cc(C)cc(C23CC4CC(CC(C4)C2)C3)c1O)C(C)c1ccccc1CCCC=Cc1cc(C)cc(C23CC4CC(CC(C4)C2)C3)c1O. The van der Waals surface area contributed by atoms with E-state index < -0.39 is 0 Å². The van der Waals surface area contributed by atoms with Crippen molar-refractivity contribution in [2.75, 3.05) is 0 Å². The lowest BCUT2D eigenvalue weighted by Crippen LogP contribution is -2.48. The molecule has 2 unspecified atom stereocenters. The van der Waals surface area contributed by atoms with E-state index in [1.807, 2.05) is 0 Å². The fourth-order valence-corrected chi connectivity index (χ4v) is 14.7. The van der Waals surface area contributed by atoms with Crippen molar-refractivity contribution < 1.29 is 10.2 Å². The number of allylic oxidation sites excluding steroid dienone is 1. The van der Waals surface area contributed by atoms with E-state index in [2.05, 4.69) is 88.4 Å². The van der Waals surface area contributed by atoms with Gasteiger partial charge in [-0.15, -0.1) is 0 Å². The van der Waals surface area contributed by atoms with Gasteiger partial charge in [0.05, 0.1) is 0 Å². The van der Waals surface area contributed by atoms with Crippen LogP contribution in [0.5, 0.6) is 11.5 Å². The molecule has 2 heteroatoms. The molecule has 8 fully saturated rings. The molecule has 53 heavy (non-hydrogen) atoms. The topological polar surface area (TPSA) is 40.5 Å². The van der Waals surface area contributed by atoms with Gasteiger partial charge in [0.2, 0.25) is 0 Å². The minimum absolute atomic E-state index is 0.207. The van der Waals surface area contributed by atoms with Crippen LogP contribution in [-0.2, 0) is 23.7 Å². The number of hydrogen-bond donors (Lipinski definition) is 2. The van der Waals surface area contributed by atoms with E-state index in [1.54, 1.807) is 0 Å². The number of phenolic OH excluding ortho intramolecular Hbond substituents is 2. The maximum atomic E-state index is 12.0. The Kier molecular flexibility index (Phi) is 9.38. The minimum atomic E-state index is 0.207. The van der Waals surface area contributed by atoms with Gasteiger partial charge in [-0.05, 0) is 203 Å². The van der Waals surface area contributed by atoms with Gasteiger partial charge in [-0.3, -0.25) is 0 Å². The van der Waals surface area contributed by atoms with Crippen molar-refractivity contribution in [1.29, 1.82) is 0 Å². The first kappa shape index (κ1) is 35.7. The van der Waals surface area contributed by atoms with E-state index in [0.717, 1.165) is 73.2 Å². The molecule has 2 atom stereocenters. The summed E-state index contributed by atoms with van der Waals surface area (Å²) in [4.78, 5) is 0. The predicted molar refractivity (Wildman–Crippen MR) is 220 cm³/mol. The maximum absolute atomic E-state index is 12.0. The fraction of sp³-hybridized carbons (Fsp3) is 0.608. The highest BCUT2D eigenvalue weighted by Gasteiger charge is 2.54. The van der Waals surface area contributed by atoms with Crippen LogP contribution in [0, 0.1) is 55.3 Å². The first-order valence-corrected chi connectivity index (χ1v) is 22.0. The Balaban J connectivity index is 0.872. The summed E-state index contributed by atoms with van der Waals surface area (Å²) in [6.45, 7) is 9.24. The summed E-state index contributed by atoms with van der Waals surface area (Å²) < 4.78 is 0. The van der Waals surface area contributed by atoms with Crippen LogP contribution in [0.3, 0.4) is 0 Å². The van der Waals surface area contributed by atoms with Crippen molar-refractivity contribution in [1.82, 2.24) is 0 Å². The van der Waals surface area contributed by atoms with Crippen molar-refractivity contribution in [2.45, 2.75) is 154 Å². The summed E-state index contributed by atoms with van der Waals surface area (Å²) in [6.07, 6.45) is 26.0. The summed E-state index contributed by atoms with van der Waals surface area (Å²) in [5, 5.41) is 23.7. The standard InChI is InChI=1S/C51H66O2/c1-5-41(25-44-16-33(3)18-47(49(44)53)51-29-38-22-39(30-51)24-40(23-38)31-51)34(4)45-14-10-9-12-42(45)11-7-6-8-13-43-15-32(2)17-46(48(43)52)50-26-35-19-36(27-50)21-37(20-35)28-50/h8-10,12-18,34-41,52-53H,5-7,11,19-31H2,1-4H3. The lowest BCUT2D eigenvalue weighted by molar-refractivity contribution is -0.00634. The summed E-state index contributed by atoms with van der Waals surface area (Å²) in [5.74, 6) is 7.32. The summed E-state index contributed by atoms with van der Waals surface area (Å²) in [5.41, 5.74) is 10.7.